The summed E-state index contributed by atoms with van der Waals surface area (Å²) in [5, 5.41) is 4.88. The topological polar surface area (TPSA) is 47.4 Å². The van der Waals surface area contributed by atoms with E-state index in [4.69, 9.17) is 4.74 Å². The summed E-state index contributed by atoms with van der Waals surface area (Å²) in [4.78, 5) is 14.9. The second kappa shape index (κ2) is 6.37. The molecule has 2 aromatic rings. The standard InChI is InChI=1S/C17H19N3O2S/c21-17(19-9-11-23-16-12-22-10-7-15(16)19)14-6-8-20(18-14)13-4-2-1-3-5-13/h1-6,8,15-16H,7,9-12H2. The second-order valence-corrected chi connectivity index (χ2v) is 7.17. The Morgan fingerprint density at radius 1 is 1.26 bits per heavy atom. The fourth-order valence-corrected chi connectivity index (χ4v) is 4.55. The zero-order valence-corrected chi connectivity index (χ0v) is 13.6. The summed E-state index contributed by atoms with van der Waals surface area (Å²) in [6, 6.07) is 11.9. The van der Waals surface area contributed by atoms with E-state index in [1.165, 1.54) is 0 Å². The van der Waals surface area contributed by atoms with Crippen molar-refractivity contribution in [3.63, 3.8) is 0 Å². The molecule has 3 heterocycles. The van der Waals surface area contributed by atoms with Crippen LogP contribution in [0.5, 0.6) is 0 Å². The summed E-state index contributed by atoms with van der Waals surface area (Å²) >= 11 is 1.92. The third-order valence-corrected chi connectivity index (χ3v) is 5.72. The molecule has 6 heteroatoms. The van der Waals surface area contributed by atoms with Crippen molar-refractivity contribution in [2.75, 3.05) is 25.5 Å². The average Bonchev–Trinajstić information content (AvgIpc) is 3.11. The predicted molar refractivity (Wildman–Crippen MR) is 90.1 cm³/mol. The van der Waals surface area contributed by atoms with Crippen LogP contribution in [0, 0.1) is 0 Å². The van der Waals surface area contributed by atoms with Gasteiger partial charge in [-0.1, -0.05) is 18.2 Å². The number of hydrogen-bond acceptors (Lipinski definition) is 4. The van der Waals surface area contributed by atoms with Gasteiger partial charge in [-0.3, -0.25) is 4.79 Å². The number of amides is 1. The quantitative estimate of drug-likeness (QED) is 0.848. The van der Waals surface area contributed by atoms with Crippen LogP contribution in [-0.4, -0.2) is 57.4 Å². The lowest BCUT2D eigenvalue weighted by Crippen LogP contribution is -2.54. The van der Waals surface area contributed by atoms with E-state index in [0.717, 1.165) is 37.6 Å². The van der Waals surface area contributed by atoms with E-state index in [2.05, 4.69) is 5.10 Å². The monoisotopic (exact) mass is 329 g/mol. The number of hydrogen-bond donors (Lipinski definition) is 0. The molecule has 1 aromatic heterocycles. The fraction of sp³-hybridized carbons (Fsp3) is 0.412. The number of para-hydroxylation sites is 1. The molecule has 0 spiro atoms. The number of benzene rings is 1. The van der Waals surface area contributed by atoms with E-state index in [-0.39, 0.29) is 11.9 Å². The predicted octanol–water partition coefficient (Wildman–Crippen LogP) is 2.22. The molecule has 1 aromatic carbocycles. The molecular weight excluding hydrogens is 310 g/mol. The first-order valence-electron chi connectivity index (χ1n) is 7.94. The molecular formula is C17H19N3O2S. The minimum Gasteiger partial charge on any atom is -0.380 e. The average molecular weight is 329 g/mol. The molecule has 0 bridgehead atoms. The number of ether oxygens (including phenoxy) is 1. The highest BCUT2D eigenvalue weighted by Crippen LogP contribution is 2.31. The van der Waals surface area contributed by atoms with Gasteiger partial charge in [0.1, 0.15) is 0 Å². The van der Waals surface area contributed by atoms with E-state index < -0.39 is 0 Å². The molecule has 1 amide bonds. The van der Waals surface area contributed by atoms with Crippen molar-refractivity contribution in [1.82, 2.24) is 14.7 Å². The van der Waals surface area contributed by atoms with Crippen molar-refractivity contribution < 1.29 is 9.53 Å². The number of fused-ring (bicyclic) bond motifs is 1. The SMILES string of the molecule is O=C(c1ccn(-c2ccccc2)n1)N1CCSC2COCCC21. The molecule has 0 saturated carbocycles. The van der Waals surface area contributed by atoms with Crippen LogP contribution in [0.2, 0.25) is 0 Å². The van der Waals surface area contributed by atoms with Gasteiger partial charge in [0.2, 0.25) is 0 Å². The minimum absolute atomic E-state index is 0.0388. The highest BCUT2D eigenvalue weighted by Gasteiger charge is 2.37. The number of nitrogens with zero attached hydrogens (tertiary/aromatic N) is 3. The summed E-state index contributed by atoms with van der Waals surface area (Å²) in [6.45, 7) is 2.28. The van der Waals surface area contributed by atoms with Gasteiger partial charge in [-0.05, 0) is 24.6 Å². The van der Waals surface area contributed by atoms with Gasteiger partial charge >= 0.3 is 0 Å². The molecule has 23 heavy (non-hydrogen) atoms. The van der Waals surface area contributed by atoms with Crippen molar-refractivity contribution in [3.05, 3.63) is 48.3 Å². The van der Waals surface area contributed by atoms with E-state index in [1.54, 1.807) is 4.68 Å². The maximum atomic E-state index is 12.9. The largest absolute Gasteiger partial charge is 0.380 e. The Balaban J connectivity index is 1.56. The molecule has 0 N–H and O–H groups in total. The summed E-state index contributed by atoms with van der Waals surface area (Å²) in [7, 11) is 0. The van der Waals surface area contributed by atoms with E-state index in [9.17, 15) is 4.79 Å². The van der Waals surface area contributed by atoms with Crippen molar-refractivity contribution in [1.29, 1.82) is 0 Å². The van der Waals surface area contributed by atoms with Crippen molar-refractivity contribution in [2.24, 2.45) is 0 Å². The lowest BCUT2D eigenvalue weighted by atomic mass is 10.1. The van der Waals surface area contributed by atoms with Gasteiger partial charge in [-0.2, -0.15) is 16.9 Å². The molecule has 120 valence electrons. The van der Waals surface area contributed by atoms with Crippen LogP contribution < -0.4 is 0 Å². The zero-order chi connectivity index (χ0) is 15.6. The number of rotatable bonds is 2. The van der Waals surface area contributed by atoms with Gasteiger partial charge < -0.3 is 9.64 Å². The van der Waals surface area contributed by atoms with E-state index in [0.29, 0.717) is 10.9 Å². The fourth-order valence-electron chi connectivity index (χ4n) is 3.25. The highest BCUT2D eigenvalue weighted by molar-refractivity contribution is 8.00. The lowest BCUT2D eigenvalue weighted by Gasteiger charge is -2.43. The third kappa shape index (κ3) is 2.88. The lowest BCUT2D eigenvalue weighted by molar-refractivity contribution is 0.0315. The number of aromatic nitrogens is 2. The first kappa shape index (κ1) is 14.8. The molecule has 2 atom stereocenters. The molecule has 4 rings (SSSR count). The summed E-state index contributed by atoms with van der Waals surface area (Å²) < 4.78 is 7.31. The molecule has 2 aliphatic rings. The smallest absolute Gasteiger partial charge is 0.274 e. The van der Waals surface area contributed by atoms with Crippen LogP contribution in [-0.2, 0) is 4.74 Å². The normalized spacial score (nSPS) is 24.3. The van der Waals surface area contributed by atoms with Crippen molar-refractivity contribution in [3.8, 4) is 5.69 Å². The summed E-state index contributed by atoms with van der Waals surface area (Å²) in [6.07, 6.45) is 2.77. The van der Waals surface area contributed by atoms with Crippen LogP contribution >= 0.6 is 11.8 Å². The maximum absolute atomic E-state index is 12.9. The van der Waals surface area contributed by atoms with Crippen LogP contribution in [0.25, 0.3) is 5.69 Å². The Hall–Kier alpha value is -1.79. The Bertz CT molecular complexity index is 686. The molecule has 5 nitrogen and oxygen atoms in total. The van der Waals surface area contributed by atoms with Crippen molar-refractivity contribution in [2.45, 2.75) is 17.7 Å². The Morgan fingerprint density at radius 3 is 3.00 bits per heavy atom. The van der Waals surface area contributed by atoms with Gasteiger partial charge in [0.25, 0.3) is 5.91 Å². The molecule has 2 saturated heterocycles. The number of carbonyl (C=O) groups excluding carboxylic acids is 1. The maximum Gasteiger partial charge on any atom is 0.274 e. The number of thioether (sulfide) groups is 1. The zero-order valence-electron chi connectivity index (χ0n) is 12.8. The van der Waals surface area contributed by atoms with Gasteiger partial charge in [0, 0.05) is 36.4 Å². The molecule has 2 unspecified atom stereocenters. The second-order valence-electron chi connectivity index (χ2n) is 5.82. The summed E-state index contributed by atoms with van der Waals surface area (Å²) in [5.74, 6) is 1.01. The van der Waals surface area contributed by atoms with Crippen molar-refractivity contribution >= 4 is 17.7 Å². The Labute approximate surface area is 139 Å². The van der Waals surface area contributed by atoms with Gasteiger partial charge in [-0.25, -0.2) is 4.68 Å². The summed E-state index contributed by atoms with van der Waals surface area (Å²) in [5.41, 5.74) is 1.48. The van der Waals surface area contributed by atoms with Gasteiger partial charge in [-0.15, -0.1) is 0 Å². The molecule has 2 aliphatic heterocycles. The van der Waals surface area contributed by atoms with Gasteiger partial charge in [0.05, 0.1) is 12.3 Å². The number of carbonyl (C=O) groups is 1. The Morgan fingerprint density at radius 2 is 2.13 bits per heavy atom. The molecule has 0 aliphatic carbocycles. The first-order valence-corrected chi connectivity index (χ1v) is 8.99. The van der Waals surface area contributed by atoms with Gasteiger partial charge in [0.15, 0.2) is 5.69 Å². The third-order valence-electron chi connectivity index (χ3n) is 4.42. The molecule has 2 fully saturated rings. The minimum atomic E-state index is 0.0388. The first-order chi connectivity index (χ1) is 11.3. The van der Waals surface area contributed by atoms with Crippen LogP contribution in [0.15, 0.2) is 42.6 Å². The van der Waals surface area contributed by atoms with Crippen LogP contribution in [0.3, 0.4) is 0 Å². The highest BCUT2D eigenvalue weighted by atomic mass is 32.2. The van der Waals surface area contributed by atoms with Crippen LogP contribution in [0.1, 0.15) is 16.9 Å². The van der Waals surface area contributed by atoms with Crippen LogP contribution in [0.4, 0.5) is 0 Å². The molecule has 0 radical (unpaired) electrons. The Kier molecular flexibility index (Phi) is 4.10. The van der Waals surface area contributed by atoms with E-state index >= 15 is 0 Å². The van der Waals surface area contributed by atoms with E-state index in [1.807, 2.05) is 59.3 Å².